The predicted octanol–water partition coefficient (Wildman–Crippen LogP) is 0.849. The third kappa shape index (κ3) is 2.00. The number of hydrogen-bond donors (Lipinski definition) is 0. The van der Waals surface area contributed by atoms with Crippen LogP contribution in [-0.4, -0.2) is 60.6 Å². The highest BCUT2D eigenvalue weighted by Crippen LogP contribution is 2.36. The van der Waals surface area contributed by atoms with Gasteiger partial charge in [-0.2, -0.15) is 0 Å². The Hall–Kier alpha value is -1.10. The van der Waals surface area contributed by atoms with E-state index in [-0.39, 0.29) is 5.97 Å². The molecule has 2 aliphatic heterocycles. The molecule has 2 fully saturated rings. The summed E-state index contributed by atoms with van der Waals surface area (Å²) in [5.74, 6) is -0.115. The van der Waals surface area contributed by atoms with E-state index in [1.165, 1.54) is 6.42 Å². The molecule has 18 heavy (non-hydrogen) atoms. The van der Waals surface area contributed by atoms with E-state index in [0.717, 1.165) is 51.9 Å². The van der Waals surface area contributed by atoms with E-state index in [0.29, 0.717) is 6.02 Å². The zero-order valence-electron chi connectivity index (χ0n) is 11.0. The van der Waals surface area contributed by atoms with Crippen LogP contribution in [0.1, 0.15) is 32.1 Å². The molecule has 5 heteroatoms. The molecule has 0 N–H and O–H groups in total. The van der Waals surface area contributed by atoms with E-state index in [1.54, 1.807) is 0 Å². The highest BCUT2D eigenvalue weighted by molar-refractivity contribution is 5.99. The van der Waals surface area contributed by atoms with Gasteiger partial charge in [-0.05, 0) is 19.9 Å². The molecule has 0 atom stereocenters. The minimum Gasteiger partial charge on any atom is -0.391 e. The van der Waals surface area contributed by atoms with Gasteiger partial charge in [-0.15, -0.1) is 0 Å². The molecule has 0 amide bonds. The van der Waals surface area contributed by atoms with E-state index in [4.69, 9.17) is 4.74 Å². The summed E-state index contributed by atoms with van der Waals surface area (Å²) in [6.45, 7) is 3.81. The number of likely N-dealkylation sites (N-methyl/N-ethyl adjacent to an activating group) is 1. The number of carbonyl (C=O) groups excluding carboxylic acids is 1. The fourth-order valence-electron chi connectivity index (χ4n) is 3.02. The van der Waals surface area contributed by atoms with Crippen molar-refractivity contribution < 1.29 is 9.53 Å². The lowest BCUT2D eigenvalue weighted by Gasteiger charge is -2.32. The highest BCUT2D eigenvalue weighted by atomic mass is 16.6. The Kier molecular flexibility index (Phi) is 3.01. The van der Waals surface area contributed by atoms with E-state index in [1.807, 2.05) is 0 Å². The van der Waals surface area contributed by atoms with Crippen molar-refractivity contribution in [2.75, 3.05) is 33.2 Å². The Morgan fingerprint density at radius 2 is 1.78 bits per heavy atom. The molecular weight excluding hydrogens is 230 g/mol. The maximum absolute atomic E-state index is 12.1. The van der Waals surface area contributed by atoms with Crippen LogP contribution in [0.5, 0.6) is 0 Å². The van der Waals surface area contributed by atoms with Gasteiger partial charge in [0.1, 0.15) is 0 Å². The van der Waals surface area contributed by atoms with Crippen LogP contribution in [0.4, 0.5) is 0 Å². The van der Waals surface area contributed by atoms with Crippen LogP contribution in [0, 0.1) is 0 Å². The molecule has 0 bridgehead atoms. The zero-order chi connectivity index (χ0) is 12.6. The normalized spacial score (nSPS) is 28.4. The van der Waals surface area contributed by atoms with E-state index < -0.39 is 5.54 Å². The standard InChI is InChI=1S/C13H21N3O2/c1-15-7-9-16(10-8-15)12-14-13(11(17)18-12)5-3-2-4-6-13/h2-10H2,1H3. The lowest BCUT2D eigenvalue weighted by Crippen LogP contribution is -2.47. The van der Waals surface area contributed by atoms with Gasteiger partial charge in [-0.1, -0.05) is 19.3 Å². The minimum absolute atomic E-state index is 0.115. The number of esters is 1. The minimum atomic E-state index is -0.531. The molecular formula is C13H21N3O2. The molecule has 2 heterocycles. The van der Waals surface area contributed by atoms with Crippen molar-refractivity contribution in [3.63, 3.8) is 0 Å². The quantitative estimate of drug-likeness (QED) is 0.599. The summed E-state index contributed by atoms with van der Waals surface area (Å²) in [5, 5.41) is 0. The van der Waals surface area contributed by atoms with Crippen LogP contribution in [0.2, 0.25) is 0 Å². The summed E-state index contributed by atoms with van der Waals surface area (Å²) >= 11 is 0. The molecule has 5 nitrogen and oxygen atoms in total. The molecule has 100 valence electrons. The van der Waals surface area contributed by atoms with Gasteiger partial charge in [0, 0.05) is 26.2 Å². The van der Waals surface area contributed by atoms with E-state index in [9.17, 15) is 4.79 Å². The smallest absolute Gasteiger partial charge is 0.341 e. The fraction of sp³-hybridized carbons (Fsp3) is 0.846. The number of amidine groups is 1. The number of cyclic esters (lactones) is 1. The molecule has 0 unspecified atom stereocenters. The van der Waals surface area contributed by atoms with Crippen molar-refractivity contribution in [2.45, 2.75) is 37.6 Å². The SMILES string of the molecule is CN1CCN(C2=NC3(CCCCC3)C(=O)O2)CC1. The van der Waals surface area contributed by atoms with Crippen molar-refractivity contribution in [1.82, 2.24) is 9.80 Å². The topological polar surface area (TPSA) is 45.1 Å². The average molecular weight is 251 g/mol. The second-order valence-electron chi connectivity index (χ2n) is 5.67. The van der Waals surface area contributed by atoms with Crippen molar-refractivity contribution in [3.8, 4) is 0 Å². The first-order valence-corrected chi connectivity index (χ1v) is 6.95. The largest absolute Gasteiger partial charge is 0.391 e. The maximum Gasteiger partial charge on any atom is 0.341 e. The second-order valence-corrected chi connectivity index (χ2v) is 5.67. The molecule has 0 radical (unpaired) electrons. The van der Waals surface area contributed by atoms with Gasteiger partial charge in [0.05, 0.1) is 0 Å². The zero-order valence-corrected chi connectivity index (χ0v) is 11.0. The predicted molar refractivity (Wildman–Crippen MR) is 68.4 cm³/mol. The Labute approximate surface area is 108 Å². The number of piperazine rings is 1. The number of carbonyl (C=O) groups is 1. The van der Waals surface area contributed by atoms with Gasteiger partial charge >= 0.3 is 5.97 Å². The Morgan fingerprint density at radius 3 is 2.44 bits per heavy atom. The molecule has 3 rings (SSSR count). The Morgan fingerprint density at radius 1 is 1.11 bits per heavy atom. The lowest BCUT2D eigenvalue weighted by molar-refractivity contribution is -0.140. The fourth-order valence-corrected chi connectivity index (χ4v) is 3.02. The molecule has 1 aliphatic carbocycles. The number of hydrogen-bond acceptors (Lipinski definition) is 5. The van der Waals surface area contributed by atoms with E-state index in [2.05, 4.69) is 21.8 Å². The third-order valence-electron chi connectivity index (χ3n) is 4.33. The first-order valence-electron chi connectivity index (χ1n) is 6.95. The Bertz CT molecular complexity index is 366. The second kappa shape index (κ2) is 4.53. The van der Waals surface area contributed by atoms with Crippen LogP contribution in [0.3, 0.4) is 0 Å². The van der Waals surface area contributed by atoms with Crippen molar-refractivity contribution in [1.29, 1.82) is 0 Å². The monoisotopic (exact) mass is 251 g/mol. The van der Waals surface area contributed by atoms with Crippen molar-refractivity contribution in [2.24, 2.45) is 4.99 Å². The number of aliphatic imine (C=N–C) groups is 1. The first-order chi connectivity index (χ1) is 8.70. The molecule has 0 aromatic rings. The summed E-state index contributed by atoms with van der Waals surface area (Å²) in [7, 11) is 2.11. The lowest BCUT2D eigenvalue weighted by atomic mass is 9.83. The third-order valence-corrected chi connectivity index (χ3v) is 4.33. The van der Waals surface area contributed by atoms with Gasteiger partial charge in [0.15, 0.2) is 5.54 Å². The summed E-state index contributed by atoms with van der Waals surface area (Å²) in [4.78, 5) is 21.1. The first kappa shape index (κ1) is 12.0. The molecule has 1 saturated carbocycles. The summed E-state index contributed by atoms with van der Waals surface area (Å²) < 4.78 is 5.45. The maximum atomic E-state index is 12.1. The number of ether oxygens (including phenoxy) is 1. The van der Waals surface area contributed by atoms with Crippen molar-refractivity contribution >= 4 is 12.0 Å². The Balaban J connectivity index is 1.74. The summed E-state index contributed by atoms with van der Waals surface area (Å²) in [5.41, 5.74) is -0.531. The van der Waals surface area contributed by atoms with Gasteiger partial charge in [0.25, 0.3) is 6.02 Å². The molecule has 1 spiro atoms. The van der Waals surface area contributed by atoms with Crippen molar-refractivity contribution in [3.05, 3.63) is 0 Å². The van der Waals surface area contributed by atoms with Gasteiger partial charge < -0.3 is 14.5 Å². The molecule has 0 aromatic carbocycles. The summed E-state index contributed by atoms with van der Waals surface area (Å²) in [6, 6.07) is 0.579. The molecule has 1 saturated heterocycles. The van der Waals surface area contributed by atoms with Crippen LogP contribution >= 0.6 is 0 Å². The summed E-state index contributed by atoms with van der Waals surface area (Å²) in [6.07, 6.45) is 5.13. The molecule has 3 aliphatic rings. The average Bonchev–Trinajstić information content (AvgIpc) is 2.69. The number of rotatable bonds is 0. The molecule has 0 aromatic heterocycles. The van der Waals surface area contributed by atoms with Gasteiger partial charge in [0.2, 0.25) is 0 Å². The van der Waals surface area contributed by atoms with Crippen LogP contribution < -0.4 is 0 Å². The van der Waals surface area contributed by atoms with E-state index >= 15 is 0 Å². The van der Waals surface area contributed by atoms with Crippen LogP contribution in [-0.2, 0) is 9.53 Å². The van der Waals surface area contributed by atoms with Crippen LogP contribution in [0.15, 0.2) is 4.99 Å². The number of nitrogens with zero attached hydrogens (tertiary/aromatic N) is 3. The van der Waals surface area contributed by atoms with Gasteiger partial charge in [-0.3, -0.25) is 0 Å². The van der Waals surface area contributed by atoms with Crippen LogP contribution in [0.25, 0.3) is 0 Å². The van der Waals surface area contributed by atoms with Gasteiger partial charge in [-0.25, -0.2) is 9.79 Å². The highest BCUT2D eigenvalue weighted by Gasteiger charge is 2.47.